The van der Waals surface area contributed by atoms with Crippen molar-refractivity contribution in [1.82, 2.24) is 0 Å². The highest BCUT2D eigenvalue weighted by Gasteiger charge is 2.22. The molecule has 0 aromatic heterocycles. The summed E-state index contributed by atoms with van der Waals surface area (Å²) < 4.78 is 0. The van der Waals surface area contributed by atoms with Crippen molar-refractivity contribution < 1.29 is 0 Å². The summed E-state index contributed by atoms with van der Waals surface area (Å²) in [6.07, 6.45) is 16.9. The van der Waals surface area contributed by atoms with E-state index in [1.54, 1.807) is 5.56 Å². The van der Waals surface area contributed by atoms with Gasteiger partial charge in [0.05, 0.1) is 0 Å². The molecule has 2 aliphatic rings. The van der Waals surface area contributed by atoms with E-state index in [0.717, 1.165) is 23.7 Å². The van der Waals surface area contributed by atoms with Gasteiger partial charge in [-0.2, -0.15) is 0 Å². The Hall–Kier alpha value is -1.82. The minimum absolute atomic E-state index is 0.756. The number of rotatable bonds is 5. The van der Waals surface area contributed by atoms with Crippen LogP contribution in [0.4, 0.5) is 0 Å². The molecule has 0 nitrogen and oxygen atoms in total. The highest BCUT2D eigenvalue weighted by atomic mass is 14.3. The molecule has 0 atom stereocenters. The van der Waals surface area contributed by atoms with E-state index < -0.39 is 0 Å². The van der Waals surface area contributed by atoms with Crippen molar-refractivity contribution in [3.05, 3.63) is 71.8 Å². The van der Waals surface area contributed by atoms with Crippen LogP contribution in [0.25, 0.3) is 11.1 Å². The quantitative estimate of drug-likeness (QED) is 0.450. The molecular formula is C29H38. The summed E-state index contributed by atoms with van der Waals surface area (Å²) in [5.74, 6) is 3.33. The Morgan fingerprint density at radius 2 is 1.10 bits per heavy atom. The predicted molar refractivity (Wildman–Crippen MR) is 126 cm³/mol. The molecule has 2 saturated carbocycles. The van der Waals surface area contributed by atoms with Crippen molar-refractivity contribution in [3.63, 3.8) is 0 Å². The van der Waals surface area contributed by atoms with Crippen LogP contribution in [0.15, 0.2) is 60.7 Å². The molecule has 0 heteroatoms. The van der Waals surface area contributed by atoms with E-state index in [4.69, 9.17) is 0 Å². The van der Waals surface area contributed by atoms with Crippen LogP contribution in [0, 0.1) is 11.8 Å². The molecule has 0 heterocycles. The van der Waals surface area contributed by atoms with Gasteiger partial charge in [0.25, 0.3) is 0 Å². The highest BCUT2D eigenvalue weighted by Crippen LogP contribution is 2.38. The average Bonchev–Trinajstić information content (AvgIpc) is 2.80. The Morgan fingerprint density at radius 3 is 1.52 bits per heavy atom. The summed E-state index contributed by atoms with van der Waals surface area (Å²) in [7, 11) is 0. The van der Waals surface area contributed by atoms with Crippen LogP contribution in [-0.2, 0) is 0 Å². The van der Waals surface area contributed by atoms with E-state index in [0.29, 0.717) is 0 Å². The normalized spacial score (nSPS) is 27.9. The zero-order chi connectivity index (χ0) is 20.1. The Kier molecular flexibility index (Phi) is 6.90. The van der Waals surface area contributed by atoms with E-state index in [1.165, 1.54) is 74.5 Å². The molecule has 0 N–H and O–H groups in total. The third kappa shape index (κ3) is 5.03. The van der Waals surface area contributed by atoms with Gasteiger partial charge in [-0.3, -0.25) is 0 Å². The van der Waals surface area contributed by atoms with E-state index in [1.807, 2.05) is 0 Å². The molecule has 4 rings (SSSR count). The lowest BCUT2D eigenvalue weighted by Crippen LogP contribution is -2.12. The molecule has 0 spiro atoms. The van der Waals surface area contributed by atoms with Crippen LogP contribution < -0.4 is 0 Å². The largest absolute Gasteiger partial charge is 0.0914 e. The number of hydrogen-bond acceptors (Lipinski definition) is 0. The van der Waals surface area contributed by atoms with Crippen LogP contribution in [0.3, 0.4) is 0 Å². The van der Waals surface area contributed by atoms with Gasteiger partial charge in [0.1, 0.15) is 0 Å². The smallest absolute Gasteiger partial charge is 0.0162 e. The summed E-state index contributed by atoms with van der Waals surface area (Å²) in [5.41, 5.74) is 5.81. The van der Waals surface area contributed by atoms with Crippen LogP contribution in [0.1, 0.15) is 94.6 Å². The first kappa shape index (κ1) is 20.5. The van der Waals surface area contributed by atoms with Gasteiger partial charge in [-0.05, 0) is 104 Å². The first-order valence-corrected chi connectivity index (χ1v) is 12.1. The van der Waals surface area contributed by atoms with Crippen LogP contribution in [-0.4, -0.2) is 0 Å². The second-order valence-electron chi connectivity index (χ2n) is 9.51. The molecule has 0 radical (unpaired) electrons. The fourth-order valence-corrected chi connectivity index (χ4v) is 5.72. The van der Waals surface area contributed by atoms with Crippen molar-refractivity contribution in [1.29, 1.82) is 0 Å². The van der Waals surface area contributed by atoms with E-state index in [2.05, 4.69) is 74.5 Å². The van der Waals surface area contributed by atoms with E-state index in [-0.39, 0.29) is 0 Å². The van der Waals surface area contributed by atoms with E-state index >= 15 is 0 Å². The summed E-state index contributed by atoms with van der Waals surface area (Å²) in [4.78, 5) is 0. The molecule has 2 fully saturated rings. The third-order valence-electron chi connectivity index (χ3n) is 7.76. The highest BCUT2D eigenvalue weighted by molar-refractivity contribution is 5.64. The molecule has 0 saturated heterocycles. The van der Waals surface area contributed by atoms with E-state index in [9.17, 15) is 0 Å². The van der Waals surface area contributed by atoms with Crippen molar-refractivity contribution >= 4 is 0 Å². The van der Waals surface area contributed by atoms with Crippen molar-refractivity contribution in [2.24, 2.45) is 11.8 Å². The van der Waals surface area contributed by atoms with Gasteiger partial charge in [0.15, 0.2) is 0 Å². The lowest BCUT2D eigenvalue weighted by atomic mass is 9.77. The summed E-state index contributed by atoms with van der Waals surface area (Å²) in [6, 6.07) is 18.9. The molecule has 0 unspecified atom stereocenters. The lowest BCUT2D eigenvalue weighted by molar-refractivity contribution is 0.319. The standard InChI is InChI=1S/C29H38/c1-3-5-23-8-12-25(13-9-23)27-16-20-29(21-17-27)28-18-14-26(15-19-28)24-10-6-22(4-2)7-11-24/h3,5,14-25H,4,6-13H2,1-2H3/b5-3+. The van der Waals surface area contributed by atoms with Crippen molar-refractivity contribution in [2.75, 3.05) is 0 Å². The molecule has 29 heavy (non-hydrogen) atoms. The first-order valence-electron chi connectivity index (χ1n) is 12.1. The number of hydrogen-bond donors (Lipinski definition) is 0. The Balaban J connectivity index is 1.37. The van der Waals surface area contributed by atoms with Crippen LogP contribution in [0.2, 0.25) is 0 Å². The lowest BCUT2D eigenvalue weighted by Gasteiger charge is -2.28. The zero-order valence-corrected chi connectivity index (χ0v) is 18.4. The molecule has 2 aromatic rings. The molecule has 154 valence electrons. The van der Waals surface area contributed by atoms with Gasteiger partial charge in [0.2, 0.25) is 0 Å². The predicted octanol–water partition coefficient (Wildman–Crippen LogP) is 8.89. The maximum absolute atomic E-state index is 2.40. The van der Waals surface area contributed by atoms with Gasteiger partial charge < -0.3 is 0 Å². The average molecular weight is 387 g/mol. The van der Waals surface area contributed by atoms with Gasteiger partial charge in [-0.15, -0.1) is 0 Å². The molecule has 2 aromatic carbocycles. The fraction of sp³-hybridized carbons (Fsp3) is 0.517. The number of benzene rings is 2. The van der Waals surface area contributed by atoms with Gasteiger partial charge in [-0.25, -0.2) is 0 Å². The third-order valence-corrected chi connectivity index (χ3v) is 7.76. The number of allylic oxidation sites excluding steroid dienone is 2. The molecule has 0 aliphatic heterocycles. The minimum Gasteiger partial charge on any atom is -0.0914 e. The summed E-state index contributed by atoms with van der Waals surface area (Å²) >= 11 is 0. The minimum atomic E-state index is 0.756. The Morgan fingerprint density at radius 1 is 0.655 bits per heavy atom. The van der Waals surface area contributed by atoms with Crippen LogP contribution in [0.5, 0.6) is 0 Å². The molecule has 0 bridgehead atoms. The second-order valence-corrected chi connectivity index (χ2v) is 9.51. The maximum Gasteiger partial charge on any atom is -0.0162 e. The van der Waals surface area contributed by atoms with Crippen molar-refractivity contribution in [3.8, 4) is 11.1 Å². The van der Waals surface area contributed by atoms with Crippen LogP contribution >= 0.6 is 0 Å². The Bertz CT molecular complexity index is 764. The zero-order valence-electron chi connectivity index (χ0n) is 18.4. The maximum atomic E-state index is 2.40. The monoisotopic (exact) mass is 386 g/mol. The van der Waals surface area contributed by atoms with Gasteiger partial charge in [0, 0.05) is 0 Å². The topological polar surface area (TPSA) is 0 Å². The molecule has 0 amide bonds. The fourth-order valence-electron chi connectivity index (χ4n) is 5.72. The Labute approximate surface area is 178 Å². The first-order chi connectivity index (χ1) is 14.3. The SMILES string of the molecule is C/C=C/C1CCC(c2ccc(-c3ccc(C4CCC(CC)CC4)cc3)cc2)CC1. The summed E-state index contributed by atoms with van der Waals surface area (Å²) in [6.45, 7) is 4.49. The van der Waals surface area contributed by atoms with Gasteiger partial charge >= 0.3 is 0 Å². The molecule has 2 aliphatic carbocycles. The summed E-state index contributed by atoms with van der Waals surface area (Å²) in [5, 5.41) is 0. The van der Waals surface area contributed by atoms with Crippen molar-refractivity contribution in [2.45, 2.75) is 83.5 Å². The second kappa shape index (κ2) is 9.79. The molecular weight excluding hydrogens is 348 g/mol. The van der Waals surface area contributed by atoms with Gasteiger partial charge in [-0.1, -0.05) is 74.0 Å².